The summed E-state index contributed by atoms with van der Waals surface area (Å²) < 4.78 is 2.58. The van der Waals surface area contributed by atoms with Crippen LogP contribution in [-0.2, 0) is 25.7 Å². The maximum absolute atomic E-state index is 10.6. The molecule has 0 N–H and O–H groups in total. The van der Waals surface area contributed by atoms with E-state index in [-0.39, 0.29) is 0 Å². The van der Waals surface area contributed by atoms with Crippen LogP contribution in [0, 0.1) is 22.7 Å². The van der Waals surface area contributed by atoms with Crippen molar-refractivity contribution < 1.29 is 0 Å². The minimum atomic E-state index is 0.520. The quantitative estimate of drug-likeness (QED) is 0.180. The Morgan fingerprint density at radius 3 is 1.42 bits per heavy atom. The normalized spacial score (nSPS) is 25.1. The molecule has 8 aliphatic rings. The van der Waals surface area contributed by atoms with Crippen molar-refractivity contribution in [1.29, 1.82) is 10.5 Å². The molecule has 8 aliphatic carbocycles. The van der Waals surface area contributed by atoms with Crippen LogP contribution in [0.25, 0.3) is 49.2 Å². The van der Waals surface area contributed by atoms with Gasteiger partial charge in [-0.1, -0.05) is 18.2 Å². The van der Waals surface area contributed by atoms with Crippen LogP contribution in [0.5, 0.6) is 0 Å². The highest BCUT2D eigenvalue weighted by atomic mass is 14.9. The van der Waals surface area contributed by atoms with Crippen LogP contribution in [0.4, 0.5) is 0 Å². The topological polar surface area (TPSA) is 52.0 Å². The molecule has 216 valence electrons. The second kappa shape index (κ2) is 7.89. The maximum atomic E-state index is 10.6. The lowest BCUT2D eigenvalue weighted by atomic mass is 9.64. The average Bonchev–Trinajstić information content (AvgIpc) is 3.63. The first-order chi connectivity index (χ1) is 22.2. The SMILES string of the molecule is N#Cc1cc2c(c3c1C1CCC3CC1)c1c3c4c(c5c6c7c(c(C#N)cc6n2c15)C1CCC7CC1)CCc1cccc(c1-4)CC3. The molecule has 0 amide bonds. The van der Waals surface area contributed by atoms with Crippen LogP contribution in [0.2, 0.25) is 0 Å². The lowest BCUT2D eigenvalue weighted by Gasteiger charge is -2.40. The molecule has 0 saturated heterocycles. The second-order valence-corrected chi connectivity index (χ2v) is 15.3. The van der Waals surface area contributed by atoms with Crippen molar-refractivity contribution in [1.82, 2.24) is 4.40 Å². The fourth-order valence-corrected chi connectivity index (χ4v) is 12.2. The van der Waals surface area contributed by atoms with Gasteiger partial charge in [0.2, 0.25) is 0 Å². The van der Waals surface area contributed by atoms with Crippen molar-refractivity contribution in [2.24, 2.45) is 0 Å². The van der Waals surface area contributed by atoms with E-state index in [1.54, 1.807) is 22.3 Å². The van der Waals surface area contributed by atoms with Crippen molar-refractivity contribution in [2.45, 2.75) is 101 Å². The Bertz CT molecular complexity index is 2310. The highest BCUT2D eigenvalue weighted by molar-refractivity contribution is 6.29. The number of rotatable bonds is 0. The minimum absolute atomic E-state index is 0.520. The summed E-state index contributed by atoms with van der Waals surface area (Å²) in [5.74, 6) is 2.13. The molecule has 6 aromatic rings. The van der Waals surface area contributed by atoms with Gasteiger partial charge in [0, 0.05) is 21.5 Å². The smallest absolute Gasteiger partial charge is 0.0995 e. The van der Waals surface area contributed by atoms with Crippen LogP contribution in [0.1, 0.15) is 131 Å². The summed E-state index contributed by atoms with van der Waals surface area (Å²) in [7, 11) is 0. The lowest BCUT2D eigenvalue weighted by molar-refractivity contribution is 0.360. The fourth-order valence-electron chi connectivity index (χ4n) is 12.2. The molecule has 3 heteroatoms. The van der Waals surface area contributed by atoms with Crippen molar-refractivity contribution in [3.63, 3.8) is 0 Å². The first-order valence-electron chi connectivity index (χ1n) is 17.6. The van der Waals surface area contributed by atoms with Crippen LogP contribution in [0.3, 0.4) is 0 Å². The van der Waals surface area contributed by atoms with Gasteiger partial charge in [-0.2, -0.15) is 10.5 Å². The summed E-state index contributed by atoms with van der Waals surface area (Å²) in [4.78, 5) is 0. The molecule has 2 fully saturated rings. The Labute approximate surface area is 262 Å². The van der Waals surface area contributed by atoms with Gasteiger partial charge in [-0.15, -0.1) is 0 Å². The van der Waals surface area contributed by atoms with E-state index in [0.717, 1.165) is 36.8 Å². The summed E-state index contributed by atoms with van der Waals surface area (Å²) in [6.07, 6.45) is 14.3. The third-order valence-electron chi connectivity index (χ3n) is 13.8. The number of fused-ring (bicyclic) bond motifs is 12. The zero-order valence-electron chi connectivity index (χ0n) is 25.5. The zero-order valence-corrected chi connectivity index (χ0v) is 25.5. The van der Waals surface area contributed by atoms with Crippen LogP contribution in [0.15, 0.2) is 30.3 Å². The number of nitriles is 2. The minimum Gasteiger partial charge on any atom is -0.308 e. The van der Waals surface area contributed by atoms with Gasteiger partial charge in [0.1, 0.15) is 0 Å². The molecule has 4 aromatic carbocycles. The van der Waals surface area contributed by atoms with E-state index < -0.39 is 0 Å². The van der Waals surface area contributed by atoms with Gasteiger partial charge in [-0.3, -0.25) is 0 Å². The van der Waals surface area contributed by atoms with Gasteiger partial charge in [-0.25, -0.2) is 0 Å². The molecule has 14 rings (SSSR count). The summed E-state index contributed by atoms with van der Waals surface area (Å²) in [6.45, 7) is 0. The Balaban J connectivity index is 1.40. The van der Waals surface area contributed by atoms with Gasteiger partial charge in [0.05, 0.1) is 39.8 Å². The molecule has 2 heterocycles. The Morgan fingerprint density at radius 1 is 0.533 bits per heavy atom. The summed E-state index contributed by atoms with van der Waals surface area (Å²) in [5, 5.41) is 27.2. The number of aryl methyl sites for hydroxylation is 4. The van der Waals surface area contributed by atoms with Gasteiger partial charge in [0.25, 0.3) is 0 Å². The Kier molecular flexibility index (Phi) is 4.20. The standard InChI is InChI=1S/C42H33N3/c43-18-26-16-30-40(35-24-8-4-22(5-9-24)33(26)35)38-28-14-12-20-2-1-3-21-13-15-29(37(28)32(20)21)39-41-31(45(30)42(38)39)17-27(19-44)34-23-6-10-25(11-7-23)36(34)41/h1-3,16-17,22-25H,4-15H2. The van der Waals surface area contributed by atoms with E-state index in [4.69, 9.17) is 0 Å². The molecular formula is C42H33N3. The second-order valence-electron chi connectivity index (χ2n) is 15.3. The van der Waals surface area contributed by atoms with E-state index in [1.165, 1.54) is 123 Å². The predicted molar refractivity (Wildman–Crippen MR) is 179 cm³/mol. The number of hydrogen-bond acceptors (Lipinski definition) is 2. The van der Waals surface area contributed by atoms with Gasteiger partial charge < -0.3 is 4.40 Å². The van der Waals surface area contributed by atoms with Crippen molar-refractivity contribution in [3.8, 4) is 23.3 Å². The van der Waals surface area contributed by atoms with Crippen molar-refractivity contribution in [2.75, 3.05) is 0 Å². The van der Waals surface area contributed by atoms with E-state index in [2.05, 4.69) is 46.9 Å². The predicted octanol–water partition coefficient (Wildman–Crippen LogP) is 9.95. The fraction of sp³-hybridized carbons (Fsp3) is 0.381. The number of aromatic nitrogens is 1. The van der Waals surface area contributed by atoms with Gasteiger partial charge in [-0.05, 0) is 168 Å². The van der Waals surface area contributed by atoms with Crippen molar-refractivity contribution in [3.05, 3.63) is 86.0 Å². The highest BCUT2D eigenvalue weighted by Gasteiger charge is 2.42. The summed E-state index contributed by atoms with van der Waals surface area (Å²) in [5.41, 5.74) is 20.8. The molecular weight excluding hydrogens is 546 g/mol. The van der Waals surface area contributed by atoms with Crippen molar-refractivity contribution >= 4 is 38.1 Å². The van der Waals surface area contributed by atoms with E-state index in [0.29, 0.717) is 23.7 Å². The van der Waals surface area contributed by atoms with E-state index in [1.807, 2.05) is 0 Å². The number of nitrogens with zero attached hydrogens (tertiary/aromatic N) is 3. The van der Waals surface area contributed by atoms with Gasteiger partial charge >= 0.3 is 0 Å². The third kappa shape index (κ3) is 2.58. The maximum Gasteiger partial charge on any atom is 0.0995 e. The molecule has 4 bridgehead atoms. The summed E-state index contributed by atoms with van der Waals surface area (Å²) in [6, 6.07) is 17.0. The molecule has 0 atom stereocenters. The monoisotopic (exact) mass is 579 g/mol. The molecule has 0 radical (unpaired) electrons. The molecule has 45 heavy (non-hydrogen) atoms. The van der Waals surface area contributed by atoms with Crippen LogP contribution < -0.4 is 0 Å². The molecule has 0 aliphatic heterocycles. The first kappa shape index (κ1) is 24.0. The first-order valence-corrected chi connectivity index (χ1v) is 17.6. The largest absolute Gasteiger partial charge is 0.308 e. The number of benzene rings is 4. The molecule has 2 aromatic heterocycles. The number of hydrogen-bond donors (Lipinski definition) is 0. The lowest BCUT2D eigenvalue weighted by Crippen LogP contribution is -2.23. The molecule has 3 nitrogen and oxygen atoms in total. The third-order valence-corrected chi connectivity index (χ3v) is 13.8. The summed E-state index contributed by atoms with van der Waals surface area (Å²) >= 11 is 0. The zero-order chi connectivity index (χ0) is 29.3. The molecule has 0 spiro atoms. The Hall–Kier alpha value is -4.34. The average molecular weight is 580 g/mol. The Morgan fingerprint density at radius 2 is 0.978 bits per heavy atom. The molecule has 2 saturated carbocycles. The molecule has 0 unspecified atom stereocenters. The highest BCUT2D eigenvalue weighted by Crippen LogP contribution is 2.60. The van der Waals surface area contributed by atoms with E-state index in [9.17, 15) is 10.5 Å². The van der Waals surface area contributed by atoms with E-state index >= 15 is 0 Å². The van der Waals surface area contributed by atoms with Gasteiger partial charge in [0.15, 0.2) is 0 Å². The van der Waals surface area contributed by atoms with Crippen LogP contribution in [-0.4, -0.2) is 4.40 Å². The van der Waals surface area contributed by atoms with Crippen LogP contribution >= 0.6 is 0 Å².